The molecule has 2 amide bonds. The van der Waals surface area contributed by atoms with Crippen molar-refractivity contribution in [3.63, 3.8) is 0 Å². The molecule has 8 heteroatoms. The molecule has 2 rings (SSSR count). The van der Waals surface area contributed by atoms with E-state index in [1.807, 2.05) is 0 Å². The molecule has 0 unspecified atom stereocenters. The Bertz CT molecular complexity index is 444. The molecule has 0 spiro atoms. The summed E-state index contributed by atoms with van der Waals surface area (Å²) in [5.74, 6) is -0.538. The number of fused-ring (bicyclic) bond motifs is 2. The largest absolute Gasteiger partial charge is 2.00 e. The third-order valence-corrected chi connectivity index (χ3v) is 2.87. The van der Waals surface area contributed by atoms with Gasteiger partial charge in [-0.1, -0.05) is 6.07 Å². The Morgan fingerprint density at radius 1 is 0.762 bits per heavy atom. The molecule has 0 saturated carbocycles. The first kappa shape index (κ1) is 17.6. The van der Waals surface area contributed by atoms with E-state index in [1.54, 1.807) is 18.2 Å². The number of hydrogen-bond donors (Lipinski definition) is 4. The number of carbonyl (C=O) groups excluding carboxylic acids is 2. The Balaban J connectivity index is 0.00000220. The Kier molecular flexibility index (Phi) is 7.92. The van der Waals surface area contributed by atoms with Gasteiger partial charge < -0.3 is 21.3 Å². The second kappa shape index (κ2) is 9.46. The molecular formula is C13H19CuN5O2+2. The van der Waals surface area contributed by atoms with Gasteiger partial charge in [0.1, 0.15) is 11.4 Å². The summed E-state index contributed by atoms with van der Waals surface area (Å²) in [5.41, 5.74) is 0.510. The van der Waals surface area contributed by atoms with Crippen LogP contribution in [-0.2, 0) is 17.1 Å². The fourth-order valence-electron chi connectivity index (χ4n) is 1.82. The van der Waals surface area contributed by atoms with Crippen LogP contribution in [0.5, 0.6) is 0 Å². The average Bonchev–Trinajstić information content (AvgIpc) is 2.48. The third kappa shape index (κ3) is 5.81. The average molecular weight is 341 g/mol. The second-order valence-corrected chi connectivity index (χ2v) is 4.42. The van der Waals surface area contributed by atoms with Gasteiger partial charge in [0.25, 0.3) is 11.8 Å². The van der Waals surface area contributed by atoms with Crippen molar-refractivity contribution >= 4 is 11.8 Å². The van der Waals surface area contributed by atoms with Crippen LogP contribution >= 0.6 is 0 Å². The van der Waals surface area contributed by atoms with Crippen LogP contribution < -0.4 is 21.3 Å². The molecular weight excluding hydrogens is 322 g/mol. The summed E-state index contributed by atoms with van der Waals surface area (Å²) in [4.78, 5) is 27.8. The summed E-state index contributed by atoms with van der Waals surface area (Å²) >= 11 is 0. The van der Waals surface area contributed by atoms with Crippen LogP contribution in [-0.4, -0.2) is 56.1 Å². The summed E-state index contributed by atoms with van der Waals surface area (Å²) in [5, 5.41) is 11.9. The van der Waals surface area contributed by atoms with Crippen molar-refractivity contribution < 1.29 is 26.7 Å². The SMILES string of the molecule is O=C1NCCNCCNCCNC(=O)c2cccc1n2.[Cu+2]. The molecule has 1 aliphatic rings. The predicted molar refractivity (Wildman–Crippen MR) is 74.6 cm³/mol. The summed E-state index contributed by atoms with van der Waals surface area (Å²) in [7, 11) is 0. The van der Waals surface area contributed by atoms with Gasteiger partial charge in [-0.25, -0.2) is 4.98 Å². The molecule has 1 aromatic heterocycles. The molecule has 0 aromatic carbocycles. The second-order valence-electron chi connectivity index (χ2n) is 4.42. The van der Waals surface area contributed by atoms with Crippen molar-refractivity contribution in [1.29, 1.82) is 0 Å². The summed E-state index contributed by atoms with van der Waals surface area (Å²) < 4.78 is 0. The van der Waals surface area contributed by atoms with Gasteiger partial charge in [0, 0.05) is 39.3 Å². The third-order valence-electron chi connectivity index (χ3n) is 2.87. The predicted octanol–water partition coefficient (Wildman–Crippen LogP) is -1.27. The zero-order valence-electron chi connectivity index (χ0n) is 11.5. The van der Waals surface area contributed by atoms with Gasteiger partial charge in [0.05, 0.1) is 0 Å². The van der Waals surface area contributed by atoms with Crippen molar-refractivity contribution in [3.05, 3.63) is 29.6 Å². The Morgan fingerprint density at radius 3 is 1.67 bits per heavy atom. The van der Waals surface area contributed by atoms with E-state index < -0.39 is 0 Å². The number of nitrogens with zero attached hydrogens (tertiary/aromatic N) is 1. The van der Waals surface area contributed by atoms with Gasteiger partial charge in [-0.15, -0.1) is 0 Å². The molecule has 0 fully saturated rings. The summed E-state index contributed by atoms with van der Waals surface area (Å²) in [6.07, 6.45) is 0. The molecule has 1 aromatic rings. The van der Waals surface area contributed by atoms with Crippen LogP contribution in [0.15, 0.2) is 18.2 Å². The van der Waals surface area contributed by atoms with Crippen molar-refractivity contribution in [2.75, 3.05) is 39.3 Å². The molecule has 4 N–H and O–H groups in total. The maximum atomic E-state index is 11.9. The molecule has 0 saturated heterocycles. The first-order chi connectivity index (χ1) is 9.77. The van der Waals surface area contributed by atoms with Crippen LogP contribution in [0.1, 0.15) is 21.0 Å². The summed E-state index contributed by atoms with van der Waals surface area (Å²) in [6, 6.07) is 4.85. The fraction of sp³-hybridized carbons (Fsp3) is 0.462. The van der Waals surface area contributed by atoms with Gasteiger partial charge in [-0.3, -0.25) is 9.59 Å². The molecule has 0 aliphatic carbocycles. The zero-order chi connectivity index (χ0) is 14.2. The molecule has 1 radical (unpaired) electrons. The smallest absolute Gasteiger partial charge is 0.349 e. The monoisotopic (exact) mass is 340 g/mol. The van der Waals surface area contributed by atoms with Crippen LogP contribution in [0.3, 0.4) is 0 Å². The minimum absolute atomic E-state index is 0. The number of pyridine rings is 1. The van der Waals surface area contributed by atoms with Crippen LogP contribution in [0.25, 0.3) is 0 Å². The van der Waals surface area contributed by atoms with Crippen molar-refractivity contribution in [3.8, 4) is 0 Å². The number of amides is 2. The minimum Gasteiger partial charge on any atom is -0.349 e. The van der Waals surface area contributed by atoms with E-state index in [1.165, 1.54) is 0 Å². The first-order valence-corrected chi connectivity index (χ1v) is 6.72. The van der Waals surface area contributed by atoms with Crippen LogP contribution in [0.4, 0.5) is 0 Å². The van der Waals surface area contributed by atoms with Gasteiger partial charge in [0.2, 0.25) is 0 Å². The van der Waals surface area contributed by atoms with E-state index >= 15 is 0 Å². The molecule has 117 valence electrons. The number of hydrogen-bond acceptors (Lipinski definition) is 5. The van der Waals surface area contributed by atoms with Crippen LogP contribution in [0.2, 0.25) is 0 Å². The van der Waals surface area contributed by atoms with Gasteiger partial charge >= 0.3 is 17.1 Å². The molecule has 2 bridgehead atoms. The maximum absolute atomic E-state index is 11.9. The van der Waals surface area contributed by atoms with E-state index in [9.17, 15) is 9.59 Å². The topological polar surface area (TPSA) is 95.1 Å². The van der Waals surface area contributed by atoms with Gasteiger partial charge in [0.15, 0.2) is 0 Å². The Morgan fingerprint density at radius 2 is 1.19 bits per heavy atom. The van der Waals surface area contributed by atoms with Gasteiger partial charge in [-0.05, 0) is 12.1 Å². The quantitative estimate of drug-likeness (QED) is 0.442. The minimum atomic E-state index is -0.269. The van der Waals surface area contributed by atoms with E-state index in [2.05, 4.69) is 26.3 Å². The van der Waals surface area contributed by atoms with E-state index in [0.717, 1.165) is 13.1 Å². The first-order valence-electron chi connectivity index (χ1n) is 6.72. The Labute approximate surface area is 134 Å². The van der Waals surface area contributed by atoms with Crippen LogP contribution in [0, 0.1) is 0 Å². The maximum Gasteiger partial charge on any atom is 2.00 e. The molecule has 0 atom stereocenters. The van der Waals surface area contributed by atoms with E-state index in [-0.39, 0.29) is 40.3 Å². The standard InChI is InChI=1S/C13H19N5O2.Cu/c19-12-10-2-1-3-11(18-10)13(20)17-9-7-15-5-4-14-6-8-16-12;/h1-3,14-15H,4-9H2,(H,16,19)(H,17,20);/q;+2. The van der Waals surface area contributed by atoms with E-state index in [0.29, 0.717) is 26.2 Å². The fourth-order valence-corrected chi connectivity index (χ4v) is 1.82. The number of aromatic nitrogens is 1. The molecule has 21 heavy (non-hydrogen) atoms. The van der Waals surface area contributed by atoms with Gasteiger partial charge in [-0.2, -0.15) is 0 Å². The number of rotatable bonds is 0. The molecule has 7 nitrogen and oxygen atoms in total. The Hall–Kier alpha value is -1.47. The normalized spacial score (nSPS) is 17.5. The molecule has 2 heterocycles. The summed E-state index contributed by atoms with van der Waals surface area (Å²) in [6.45, 7) is 4.08. The zero-order valence-corrected chi connectivity index (χ0v) is 12.5. The molecule has 1 aliphatic heterocycles. The van der Waals surface area contributed by atoms with Crippen molar-refractivity contribution in [2.45, 2.75) is 0 Å². The number of nitrogens with one attached hydrogen (secondary N) is 4. The van der Waals surface area contributed by atoms with Crippen molar-refractivity contribution in [1.82, 2.24) is 26.3 Å². The van der Waals surface area contributed by atoms with Crippen molar-refractivity contribution in [2.24, 2.45) is 0 Å². The number of carbonyl (C=O) groups is 2. The van der Waals surface area contributed by atoms with E-state index in [4.69, 9.17) is 0 Å².